The summed E-state index contributed by atoms with van der Waals surface area (Å²) in [5, 5.41) is 2.52. The van der Waals surface area contributed by atoms with E-state index in [2.05, 4.69) is 54.6 Å². The molecule has 2 heteroatoms. The van der Waals surface area contributed by atoms with Crippen LogP contribution in [0.3, 0.4) is 0 Å². The fourth-order valence-corrected chi connectivity index (χ4v) is 6.31. The maximum atomic E-state index is 13.0. The zero-order chi connectivity index (χ0) is 16.6. The third kappa shape index (κ3) is 1.78. The average molecular weight is 330 g/mol. The summed E-state index contributed by atoms with van der Waals surface area (Å²) < 4.78 is 5.70. The minimum Gasteiger partial charge on any atom is -0.465 e. The zero-order valence-electron chi connectivity index (χ0n) is 14.2. The van der Waals surface area contributed by atoms with Crippen molar-refractivity contribution in [3.8, 4) is 0 Å². The molecule has 1 aliphatic heterocycles. The van der Waals surface area contributed by atoms with E-state index in [-0.39, 0.29) is 11.4 Å². The van der Waals surface area contributed by atoms with Gasteiger partial charge in [0.25, 0.3) is 0 Å². The first-order valence-electron chi connectivity index (χ1n) is 9.60. The normalized spacial score (nSPS) is 40.5. The predicted octanol–water partition coefficient (Wildman–Crippen LogP) is 4.38. The van der Waals surface area contributed by atoms with Crippen molar-refractivity contribution in [1.29, 1.82) is 0 Å². The number of carbonyl (C=O) groups excluding carboxylic acids is 1. The van der Waals surface area contributed by atoms with Crippen LogP contribution in [0.25, 0.3) is 10.8 Å². The van der Waals surface area contributed by atoms with E-state index in [1.54, 1.807) is 0 Å². The lowest BCUT2D eigenvalue weighted by Crippen LogP contribution is -2.42. The first-order valence-corrected chi connectivity index (χ1v) is 9.60. The monoisotopic (exact) mass is 330 g/mol. The van der Waals surface area contributed by atoms with Crippen molar-refractivity contribution in [3.05, 3.63) is 60.2 Å². The van der Waals surface area contributed by atoms with E-state index in [4.69, 9.17) is 4.74 Å². The Kier molecular flexibility index (Phi) is 2.68. The fraction of sp³-hybridized carbons (Fsp3) is 0.435. The highest BCUT2D eigenvalue weighted by Crippen LogP contribution is 2.68. The zero-order valence-corrected chi connectivity index (χ0v) is 14.2. The number of benzene rings is 2. The molecule has 6 atom stereocenters. The molecule has 4 aliphatic carbocycles. The quantitative estimate of drug-likeness (QED) is 0.603. The molecule has 4 bridgehead atoms. The van der Waals surface area contributed by atoms with Gasteiger partial charge in [0.2, 0.25) is 0 Å². The molecule has 5 aliphatic rings. The van der Waals surface area contributed by atoms with E-state index in [1.165, 1.54) is 22.8 Å². The van der Waals surface area contributed by atoms with Crippen LogP contribution in [0.2, 0.25) is 0 Å². The molecule has 7 rings (SSSR count). The maximum absolute atomic E-state index is 13.0. The molecular formula is C23H22O2. The van der Waals surface area contributed by atoms with E-state index < -0.39 is 0 Å². The Balaban J connectivity index is 1.47. The van der Waals surface area contributed by atoms with Gasteiger partial charge in [-0.2, -0.15) is 0 Å². The van der Waals surface area contributed by atoms with Gasteiger partial charge in [0.1, 0.15) is 0 Å². The number of fused-ring (bicyclic) bond motifs is 2. The summed E-state index contributed by atoms with van der Waals surface area (Å²) >= 11 is 0. The molecule has 0 N–H and O–H groups in total. The van der Waals surface area contributed by atoms with E-state index in [0.717, 1.165) is 18.8 Å². The van der Waals surface area contributed by atoms with Gasteiger partial charge >= 0.3 is 5.97 Å². The van der Waals surface area contributed by atoms with Crippen LogP contribution in [0, 0.1) is 35.0 Å². The third-order valence-corrected chi connectivity index (χ3v) is 7.54. The molecule has 0 amide bonds. The highest BCUT2D eigenvalue weighted by molar-refractivity contribution is 5.84. The molecule has 1 saturated heterocycles. The van der Waals surface area contributed by atoms with E-state index in [0.29, 0.717) is 30.3 Å². The van der Waals surface area contributed by atoms with Crippen molar-refractivity contribution in [3.63, 3.8) is 0 Å². The van der Waals surface area contributed by atoms with Crippen LogP contribution in [0.15, 0.2) is 54.6 Å². The highest BCUT2D eigenvalue weighted by atomic mass is 16.5. The summed E-state index contributed by atoms with van der Waals surface area (Å²) in [6.07, 6.45) is 8.06. The van der Waals surface area contributed by atoms with Crippen molar-refractivity contribution in [2.75, 3.05) is 6.61 Å². The van der Waals surface area contributed by atoms with Crippen LogP contribution in [0.1, 0.15) is 18.4 Å². The van der Waals surface area contributed by atoms with Crippen LogP contribution in [-0.2, 0) is 16.0 Å². The van der Waals surface area contributed by atoms with Crippen LogP contribution >= 0.6 is 0 Å². The topological polar surface area (TPSA) is 26.3 Å². The SMILES string of the molecule is O=C1OCC2C3C4C=CC(CCC43)C12Cc1ccc2ccccc2c1. The van der Waals surface area contributed by atoms with Gasteiger partial charge < -0.3 is 4.74 Å². The van der Waals surface area contributed by atoms with Crippen molar-refractivity contribution < 1.29 is 9.53 Å². The molecule has 3 fully saturated rings. The Labute approximate surface area is 147 Å². The fourth-order valence-electron chi connectivity index (χ4n) is 6.31. The summed E-state index contributed by atoms with van der Waals surface area (Å²) in [5.74, 6) is 3.01. The van der Waals surface area contributed by atoms with Crippen LogP contribution in [0.5, 0.6) is 0 Å². The minimum absolute atomic E-state index is 0.0634. The lowest BCUT2D eigenvalue weighted by Gasteiger charge is -2.35. The number of esters is 1. The number of allylic oxidation sites excluding steroid dienone is 2. The second-order valence-corrected chi connectivity index (χ2v) is 8.49. The Morgan fingerprint density at radius 1 is 1.04 bits per heavy atom. The summed E-state index contributed by atoms with van der Waals surface area (Å²) in [5.41, 5.74) is 0.947. The summed E-state index contributed by atoms with van der Waals surface area (Å²) in [6.45, 7) is 0.641. The Morgan fingerprint density at radius 2 is 1.92 bits per heavy atom. The smallest absolute Gasteiger partial charge is 0.313 e. The number of ether oxygens (including phenoxy) is 1. The minimum atomic E-state index is -0.330. The molecule has 126 valence electrons. The molecule has 1 heterocycles. The first-order chi connectivity index (χ1) is 12.3. The van der Waals surface area contributed by atoms with Gasteiger partial charge in [0, 0.05) is 5.92 Å². The maximum Gasteiger partial charge on any atom is 0.313 e. The van der Waals surface area contributed by atoms with Gasteiger partial charge in [0.05, 0.1) is 12.0 Å². The number of hydrogen-bond acceptors (Lipinski definition) is 2. The molecule has 2 aromatic rings. The van der Waals surface area contributed by atoms with Gasteiger partial charge in [-0.15, -0.1) is 0 Å². The molecular weight excluding hydrogens is 308 g/mol. The van der Waals surface area contributed by atoms with Gasteiger partial charge in [0.15, 0.2) is 0 Å². The Hall–Kier alpha value is -2.09. The second kappa shape index (κ2) is 4.75. The van der Waals surface area contributed by atoms with E-state index in [1.807, 2.05) is 0 Å². The van der Waals surface area contributed by atoms with E-state index in [9.17, 15) is 4.79 Å². The van der Waals surface area contributed by atoms with Crippen molar-refractivity contribution in [2.45, 2.75) is 19.3 Å². The second-order valence-electron chi connectivity index (χ2n) is 8.49. The molecule has 0 radical (unpaired) electrons. The molecule has 2 saturated carbocycles. The lowest BCUT2D eigenvalue weighted by molar-refractivity contribution is -0.148. The van der Waals surface area contributed by atoms with Crippen LogP contribution < -0.4 is 0 Å². The summed E-state index contributed by atoms with van der Waals surface area (Å²) in [6, 6.07) is 15.2. The molecule has 2 nitrogen and oxygen atoms in total. The summed E-state index contributed by atoms with van der Waals surface area (Å²) in [4.78, 5) is 13.0. The molecule has 25 heavy (non-hydrogen) atoms. The largest absolute Gasteiger partial charge is 0.465 e. The predicted molar refractivity (Wildman–Crippen MR) is 96.9 cm³/mol. The third-order valence-electron chi connectivity index (χ3n) is 7.54. The van der Waals surface area contributed by atoms with E-state index >= 15 is 0 Å². The van der Waals surface area contributed by atoms with Crippen LogP contribution in [-0.4, -0.2) is 12.6 Å². The molecule has 0 aromatic heterocycles. The highest BCUT2D eigenvalue weighted by Gasteiger charge is 2.68. The standard InChI is InChI=1S/C23H22O2/c24-22-23(12-14-5-6-15-3-1-2-4-16(15)11-14)17-7-9-18-19(10-8-17)21(18)20(23)13-25-22/h1-7,9,11,17-21H,8,10,12-13H2. The molecule has 0 spiro atoms. The number of carbonyl (C=O) groups is 1. The number of hydrogen-bond donors (Lipinski definition) is 0. The first kappa shape index (κ1) is 14.1. The lowest BCUT2D eigenvalue weighted by atomic mass is 9.63. The van der Waals surface area contributed by atoms with Crippen molar-refractivity contribution in [1.82, 2.24) is 0 Å². The number of cyclic esters (lactones) is 1. The summed E-state index contributed by atoms with van der Waals surface area (Å²) in [7, 11) is 0. The molecule has 6 unspecified atom stereocenters. The van der Waals surface area contributed by atoms with Gasteiger partial charge in [-0.3, -0.25) is 4.79 Å². The number of rotatable bonds is 2. The van der Waals surface area contributed by atoms with Crippen molar-refractivity contribution in [2.24, 2.45) is 35.0 Å². The average Bonchev–Trinajstić information content (AvgIpc) is 3.32. The molecule has 2 aromatic carbocycles. The Bertz CT molecular complexity index is 913. The van der Waals surface area contributed by atoms with Gasteiger partial charge in [-0.1, -0.05) is 54.6 Å². The van der Waals surface area contributed by atoms with Crippen molar-refractivity contribution >= 4 is 16.7 Å². The van der Waals surface area contributed by atoms with Gasteiger partial charge in [-0.05, 0) is 59.3 Å². The Morgan fingerprint density at radius 3 is 2.84 bits per heavy atom. The van der Waals surface area contributed by atoms with Gasteiger partial charge in [-0.25, -0.2) is 0 Å². The van der Waals surface area contributed by atoms with Crippen LogP contribution in [0.4, 0.5) is 0 Å².